The van der Waals surface area contributed by atoms with Crippen LogP contribution >= 0.6 is 0 Å². The van der Waals surface area contributed by atoms with Gasteiger partial charge >= 0.3 is 6.03 Å². The number of aromatic amines is 1. The number of hydrogen-bond acceptors (Lipinski definition) is 2. The zero-order valence-corrected chi connectivity index (χ0v) is 14.9. The fraction of sp³-hybridized carbons (Fsp3) is 0.238. The van der Waals surface area contributed by atoms with E-state index >= 15 is 0 Å². The average molecular weight is 362 g/mol. The molecule has 1 saturated carbocycles. The van der Waals surface area contributed by atoms with Crippen LogP contribution in [0.15, 0.2) is 60.8 Å². The van der Waals surface area contributed by atoms with Crippen LogP contribution in [-0.2, 0) is 11.2 Å². The molecule has 1 aliphatic carbocycles. The number of fused-ring (bicyclic) bond motifs is 1. The Balaban J connectivity index is 1.49. The molecule has 0 spiro atoms. The summed E-state index contributed by atoms with van der Waals surface area (Å²) in [5.41, 5.74) is 2.70. The van der Waals surface area contributed by atoms with E-state index in [0.717, 1.165) is 29.3 Å². The number of hydrogen-bond donors (Lipinski definition) is 4. The fourth-order valence-corrected chi connectivity index (χ4v) is 3.11. The van der Waals surface area contributed by atoms with E-state index in [-0.39, 0.29) is 11.9 Å². The van der Waals surface area contributed by atoms with E-state index in [0.29, 0.717) is 12.1 Å². The van der Waals surface area contributed by atoms with E-state index in [2.05, 4.69) is 20.9 Å². The van der Waals surface area contributed by atoms with Crippen molar-refractivity contribution in [2.45, 2.75) is 31.3 Å². The van der Waals surface area contributed by atoms with Crippen molar-refractivity contribution in [2.75, 3.05) is 5.32 Å². The molecule has 3 amide bonds. The van der Waals surface area contributed by atoms with Crippen LogP contribution in [0.2, 0.25) is 0 Å². The maximum absolute atomic E-state index is 12.7. The Kier molecular flexibility index (Phi) is 4.78. The third-order valence-electron chi connectivity index (χ3n) is 4.68. The van der Waals surface area contributed by atoms with Crippen LogP contribution in [0.3, 0.4) is 0 Å². The van der Waals surface area contributed by atoms with Gasteiger partial charge < -0.3 is 20.9 Å². The third-order valence-corrected chi connectivity index (χ3v) is 4.68. The smallest absolute Gasteiger partial charge is 0.319 e. The molecule has 0 unspecified atom stereocenters. The number of H-pyrrole nitrogens is 1. The lowest BCUT2D eigenvalue weighted by Crippen LogP contribution is -2.49. The van der Waals surface area contributed by atoms with Crippen LogP contribution in [0, 0.1) is 0 Å². The number of amides is 3. The predicted octanol–water partition coefficient (Wildman–Crippen LogP) is 3.18. The molecule has 6 nitrogen and oxygen atoms in total. The van der Waals surface area contributed by atoms with E-state index in [1.165, 1.54) is 0 Å². The first kappa shape index (κ1) is 17.1. The van der Waals surface area contributed by atoms with E-state index in [1.807, 2.05) is 48.7 Å². The number of carbonyl (C=O) groups is 2. The minimum absolute atomic E-state index is 0.147. The van der Waals surface area contributed by atoms with Gasteiger partial charge in [0.2, 0.25) is 5.91 Å². The molecule has 0 aliphatic heterocycles. The van der Waals surface area contributed by atoms with Gasteiger partial charge in [-0.1, -0.05) is 36.4 Å². The molecule has 138 valence electrons. The van der Waals surface area contributed by atoms with E-state index in [1.54, 1.807) is 12.1 Å². The highest BCUT2D eigenvalue weighted by atomic mass is 16.2. The number of nitrogens with one attached hydrogen (secondary N) is 4. The average Bonchev–Trinajstić information content (AvgIpc) is 3.40. The lowest BCUT2D eigenvalue weighted by molar-refractivity contribution is -0.123. The molecule has 1 fully saturated rings. The minimum atomic E-state index is -0.645. The normalized spacial score (nSPS) is 14.5. The predicted molar refractivity (Wildman–Crippen MR) is 106 cm³/mol. The number of urea groups is 1. The second-order valence-corrected chi connectivity index (χ2v) is 6.86. The zero-order chi connectivity index (χ0) is 18.6. The molecule has 6 heteroatoms. The van der Waals surface area contributed by atoms with Crippen molar-refractivity contribution in [1.29, 1.82) is 0 Å². The maximum atomic E-state index is 12.7. The number of aromatic nitrogens is 1. The molecule has 1 aliphatic rings. The van der Waals surface area contributed by atoms with Crippen LogP contribution < -0.4 is 16.0 Å². The van der Waals surface area contributed by atoms with Gasteiger partial charge in [-0.05, 0) is 36.6 Å². The van der Waals surface area contributed by atoms with Crippen LogP contribution in [-0.4, -0.2) is 29.0 Å². The second kappa shape index (κ2) is 7.53. The van der Waals surface area contributed by atoms with Gasteiger partial charge in [-0.15, -0.1) is 0 Å². The molecular weight excluding hydrogens is 340 g/mol. The standard InChI is InChI=1S/C21H22N4O2/c26-20(23-16-10-11-16)19(25-21(27)24-15-6-2-1-3-7-15)12-14-13-22-18-9-5-4-8-17(14)18/h1-9,13,16,19,22H,10-12H2,(H,23,26)(H2,24,25,27)/t19-/m0/s1. The summed E-state index contributed by atoms with van der Waals surface area (Å²) in [7, 11) is 0. The van der Waals surface area contributed by atoms with Gasteiger partial charge in [-0.2, -0.15) is 0 Å². The largest absolute Gasteiger partial charge is 0.361 e. The summed E-state index contributed by atoms with van der Waals surface area (Å²) in [6.45, 7) is 0. The van der Waals surface area contributed by atoms with Crippen molar-refractivity contribution in [2.24, 2.45) is 0 Å². The second-order valence-electron chi connectivity index (χ2n) is 6.86. The van der Waals surface area contributed by atoms with Crippen molar-refractivity contribution >= 4 is 28.5 Å². The Morgan fingerprint density at radius 2 is 1.78 bits per heavy atom. The van der Waals surface area contributed by atoms with Crippen LogP contribution in [0.4, 0.5) is 10.5 Å². The quantitative estimate of drug-likeness (QED) is 0.543. The van der Waals surface area contributed by atoms with Crippen molar-refractivity contribution in [3.63, 3.8) is 0 Å². The summed E-state index contributed by atoms with van der Waals surface area (Å²) in [4.78, 5) is 28.3. The van der Waals surface area contributed by atoms with Gasteiger partial charge in [0, 0.05) is 35.2 Å². The van der Waals surface area contributed by atoms with Crippen molar-refractivity contribution < 1.29 is 9.59 Å². The van der Waals surface area contributed by atoms with Gasteiger partial charge in [0.25, 0.3) is 0 Å². The molecule has 27 heavy (non-hydrogen) atoms. The topological polar surface area (TPSA) is 86.0 Å². The number of carbonyl (C=O) groups excluding carboxylic acids is 2. The maximum Gasteiger partial charge on any atom is 0.319 e. The van der Waals surface area contributed by atoms with Crippen LogP contribution in [0.5, 0.6) is 0 Å². The fourth-order valence-electron chi connectivity index (χ4n) is 3.11. The number of benzene rings is 2. The van der Waals surface area contributed by atoms with Gasteiger partial charge in [-0.25, -0.2) is 4.79 Å². The first-order valence-electron chi connectivity index (χ1n) is 9.17. The Morgan fingerprint density at radius 1 is 1.04 bits per heavy atom. The van der Waals surface area contributed by atoms with Crippen LogP contribution in [0.25, 0.3) is 10.9 Å². The summed E-state index contributed by atoms with van der Waals surface area (Å²) >= 11 is 0. The lowest BCUT2D eigenvalue weighted by Gasteiger charge is -2.19. The first-order valence-corrected chi connectivity index (χ1v) is 9.17. The van der Waals surface area contributed by atoms with E-state index in [4.69, 9.17) is 0 Å². The molecule has 4 N–H and O–H groups in total. The third kappa shape index (κ3) is 4.28. The molecule has 0 radical (unpaired) electrons. The molecule has 0 saturated heterocycles. The Hall–Kier alpha value is -3.28. The first-order chi connectivity index (χ1) is 13.2. The monoisotopic (exact) mass is 362 g/mol. The van der Waals surface area contributed by atoms with Crippen molar-refractivity contribution in [3.05, 3.63) is 66.4 Å². The van der Waals surface area contributed by atoms with Crippen molar-refractivity contribution in [3.8, 4) is 0 Å². The van der Waals surface area contributed by atoms with Gasteiger partial charge in [0.05, 0.1) is 0 Å². The highest BCUT2D eigenvalue weighted by Gasteiger charge is 2.29. The summed E-state index contributed by atoms with van der Waals surface area (Å²) in [5, 5.41) is 9.65. The summed E-state index contributed by atoms with van der Waals surface area (Å²) in [5.74, 6) is -0.147. The van der Waals surface area contributed by atoms with Gasteiger partial charge in [0.15, 0.2) is 0 Å². The van der Waals surface area contributed by atoms with Crippen molar-refractivity contribution in [1.82, 2.24) is 15.6 Å². The molecular formula is C21H22N4O2. The minimum Gasteiger partial charge on any atom is -0.361 e. The molecule has 1 heterocycles. The van der Waals surface area contributed by atoms with Gasteiger partial charge in [-0.3, -0.25) is 4.79 Å². The van der Waals surface area contributed by atoms with Crippen LogP contribution in [0.1, 0.15) is 18.4 Å². The Morgan fingerprint density at radius 3 is 2.56 bits per heavy atom. The highest BCUT2D eigenvalue weighted by Crippen LogP contribution is 2.21. The van der Waals surface area contributed by atoms with E-state index in [9.17, 15) is 9.59 Å². The lowest BCUT2D eigenvalue weighted by atomic mass is 10.0. The molecule has 2 aromatic carbocycles. The number of rotatable bonds is 6. The molecule has 3 aromatic rings. The highest BCUT2D eigenvalue weighted by molar-refractivity contribution is 5.94. The van der Waals surface area contributed by atoms with E-state index < -0.39 is 12.1 Å². The molecule has 0 bridgehead atoms. The Labute approximate surface area is 157 Å². The number of para-hydroxylation sites is 2. The van der Waals surface area contributed by atoms with Gasteiger partial charge in [0.1, 0.15) is 6.04 Å². The summed E-state index contributed by atoms with van der Waals surface area (Å²) in [6.07, 6.45) is 4.33. The SMILES string of the molecule is O=C(Nc1ccccc1)N[C@@H](Cc1c[nH]c2ccccc12)C(=O)NC1CC1. The molecule has 4 rings (SSSR count). The zero-order valence-electron chi connectivity index (χ0n) is 14.9. The Bertz CT molecular complexity index is 947. The molecule has 1 aromatic heterocycles. The summed E-state index contributed by atoms with van der Waals surface area (Å²) < 4.78 is 0. The number of anilines is 1. The molecule has 1 atom stereocenters. The summed E-state index contributed by atoms with van der Waals surface area (Å²) in [6, 6.07) is 16.3.